The molecule has 2 aromatic heterocycles. The van der Waals surface area contributed by atoms with Crippen LogP contribution in [0.4, 0.5) is 0 Å². The Balaban J connectivity index is 2.32. The molecular weight excluding hydrogens is 206 g/mol. The zero-order valence-electron chi connectivity index (χ0n) is 8.84. The van der Waals surface area contributed by atoms with E-state index in [9.17, 15) is 4.79 Å². The van der Waals surface area contributed by atoms with Gasteiger partial charge in [0.2, 0.25) is 0 Å². The second-order valence-electron chi connectivity index (χ2n) is 4.20. The first-order chi connectivity index (χ1) is 7.66. The molecule has 0 bridgehead atoms. The number of fused-ring (bicyclic) bond motifs is 1. The molecule has 0 atom stereocenters. The van der Waals surface area contributed by atoms with Gasteiger partial charge in [-0.05, 0) is 25.8 Å². The average molecular weight is 217 g/mol. The Kier molecular flexibility index (Phi) is 1.77. The molecule has 0 aliphatic heterocycles. The van der Waals surface area contributed by atoms with E-state index in [0.29, 0.717) is 11.6 Å². The van der Waals surface area contributed by atoms with Gasteiger partial charge >= 0.3 is 5.97 Å². The number of aryl methyl sites for hydroxylation is 1. The molecule has 1 N–H and O–H groups in total. The molecule has 0 spiro atoms. The zero-order valence-corrected chi connectivity index (χ0v) is 8.84. The Morgan fingerprint density at radius 3 is 2.94 bits per heavy atom. The topological polar surface area (TPSA) is 67.5 Å². The smallest absolute Gasteiger partial charge is 0.341 e. The molecule has 0 amide bonds. The van der Waals surface area contributed by atoms with Crippen LogP contribution in [0.5, 0.6) is 0 Å². The molecule has 2 heterocycles. The molecule has 5 heteroatoms. The monoisotopic (exact) mass is 217 g/mol. The first-order valence-corrected chi connectivity index (χ1v) is 5.25. The highest BCUT2D eigenvalue weighted by Gasteiger charge is 2.28. The van der Waals surface area contributed by atoms with Crippen LogP contribution in [0.15, 0.2) is 12.3 Å². The van der Waals surface area contributed by atoms with Gasteiger partial charge in [-0.15, -0.1) is 0 Å². The molecule has 1 aliphatic carbocycles. The summed E-state index contributed by atoms with van der Waals surface area (Å²) in [5, 5.41) is 13.1. The summed E-state index contributed by atoms with van der Waals surface area (Å²) in [6, 6.07) is 1.99. The lowest BCUT2D eigenvalue weighted by Crippen LogP contribution is -2.03. The van der Waals surface area contributed by atoms with Crippen molar-refractivity contribution in [1.29, 1.82) is 0 Å². The highest BCUT2D eigenvalue weighted by molar-refractivity contribution is 5.94. The number of aromatic carboxylic acids is 1. The lowest BCUT2D eigenvalue weighted by atomic mass is 10.2. The van der Waals surface area contributed by atoms with E-state index in [1.54, 1.807) is 4.52 Å². The minimum atomic E-state index is -0.977. The normalized spacial score (nSPS) is 15.6. The molecule has 1 fully saturated rings. The Labute approximate surface area is 91.7 Å². The van der Waals surface area contributed by atoms with Crippen molar-refractivity contribution in [3.05, 3.63) is 29.2 Å². The van der Waals surface area contributed by atoms with E-state index >= 15 is 0 Å². The number of carboxylic acid groups (broad SMARTS) is 1. The molecule has 1 saturated carbocycles. The molecule has 0 radical (unpaired) electrons. The van der Waals surface area contributed by atoms with Crippen LogP contribution >= 0.6 is 0 Å². The highest BCUT2D eigenvalue weighted by Crippen LogP contribution is 2.40. The number of nitrogens with zero attached hydrogens (tertiary/aromatic N) is 3. The van der Waals surface area contributed by atoms with Gasteiger partial charge in [0.25, 0.3) is 0 Å². The summed E-state index contributed by atoms with van der Waals surface area (Å²) in [6.07, 6.45) is 3.68. The summed E-state index contributed by atoms with van der Waals surface area (Å²) in [7, 11) is 0. The second kappa shape index (κ2) is 3.04. The fourth-order valence-electron chi connectivity index (χ4n) is 1.93. The third-order valence-corrected chi connectivity index (χ3v) is 2.85. The van der Waals surface area contributed by atoms with Crippen molar-refractivity contribution in [1.82, 2.24) is 14.6 Å². The summed E-state index contributed by atoms with van der Waals surface area (Å²) in [6.45, 7) is 1.88. The van der Waals surface area contributed by atoms with Crippen LogP contribution in [0.3, 0.4) is 0 Å². The van der Waals surface area contributed by atoms with Crippen molar-refractivity contribution in [2.45, 2.75) is 25.7 Å². The molecule has 82 valence electrons. The number of hydrogen-bond donors (Lipinski definition) is 1. The van der Waals surface area contributed by atoms with Gasteiger partial charge < -0.3 is 5.11 Å². The lowest BCUT2D eigenvalue weighted by molar-refractivity contribution is 0.0699. The van der Waals surface area contributed by atoms with E-state index in [2.05, 4.69) is 10.1 Å². The van der Waals surface area contributed by atoms with Crippen LogP contribution in [-0.4, -0.2) is 25.7 Å². The van der Waals surface area contributed by atoms with E-state index in [0.717, 1.165) is 24.2 Å². The molecule has 16 heavy (non-hydrogen) atoms. The van der Waals surface area contributed by atoms with Gasteiger partial charge in [0, 0.05) is 17.3 Å². The van der Waals surface area contributed by atoms with E-state index in [1.807, 2.05) is 13.0 Å². The second-order valence-corrected chi connectivity index (χ2v) is 4.20. The maximum absolute atomic E-state index is 11.0. The maximum Gasteiger partial charge on any atom is 0.341 e. The van der Waals surface area contributed by atoms with Gasteiger partial charge in [0.15, 0.2) is 5.65 Å². The van der Waals surface area contributed by atoms with Crippen LogP contribution in [0.25, 0.3) is 5.65 Å². The summed E-state index contributed by atoms with van der Waals surface area (Å²) in [5.74, 6) is -0.458. The third kappa shape index (κ3) is 1.28. The Morgan fingerprint density at radius 2 is 2.31 bits per heavy atom. The molecule has 0 saturated heterocycles. The molecule has 3 rings (SSSR count). The number of rotatable bonds is 2. The summed E-state index contributed by atoms with van der Waals surface area (Å²) in [5.41, 5.74) is 2.55. The van der Waals surface area contributed by atoms with E-state index in [4.69, 9.17) is 5.11 Å². The zero-order chi connectivity index (χ0) is 11.3. The molecule has 0 aromatic carbocycles. The van der Waals surface area contributed by atoms with Gasteiger partial charge in [-0.2, -0.15) is 5.10 Å². The maximum atomic E-state index is 11.0. The van der Waals surface area contributed by atoms with E-state index in [1.165, 1.54) is 6.20 Å². The minimum Gasteiger partial charge on any atom is -0.477 e. The Bertz CT molecular complexity index is 584. The third-order valence-electron chi connectivity index (χ3n) is 2.85. The number of hydrogen-bond acceptors (Lipinski definition) is 3. The van der Waals surface area contributed by atoms with Crippen molar-refractivity contribution >= 4 is 11.6 Å². The van der Waals surface area contributed by atoms with Gasteiger partial charge in [0.1, 0.15) is 5.56 Å². The molecule has 1 aliphatic rings. The summed E-state index contributed by atoms with van der Waals surface area (Å²) < 4.78 is 1.66. The summed E-state index contributed by atoms with van der Waals surface area (Å²) in [4.78, 5) is 15.2. The molecular formula is C11H11N3O2. The SMILES string of the molecule is Cc1cc(C2CC2)n2ncc(C(=O)O)c2n1. The van der Waals surface area contributed by atoms with Crippen LogP contribution in [0.2, 0.25) is 0 Å². The quantitative estimate of drug-likeness (QED) is 0.829. The molecule has 5 nitrogen and oxygen atoms in total. The lowest BCUT2D eigenvalue weighted by Gasteiger charge is -2.04. The van der Waals surface area contributed by atoms with Crippen LogP contribution in [-0.2, 0) is 0 Å². The van der Waals surface area contributed by atoms with E-state index in [-0.39, 0.29) is 5.56 Å². The van der Waals surface area contributed by atoms with Crippen LogP contribution < -0.4 is 0 Å². The minimum absolute atomic E-state index is 0.172. The predicted molar refractivity (Wildman–Crippen MR) is 56.7 cm³/mol. The first-order valence-electron chi connectivity index (χ1n) is 5.25. The van der Waals surface area contributed by atoms with E-state index < -0.39 is 5.97 Å². The predicted octanol–water partition coefficient (Wildman–Crippen LogP) is 1.61. The Hall–Kier alpha value is -1.91. The standard InChI is InChI=1S/C11H11N3O2/c1-6-4-9(7-2-3-7)14-10(13-6)8(5-12-14)11(15)16/h4-5,7H,2-3H2,1H3,(H,15,16). The average Bonchev–Trinajstić information content (AvgIpc) is 2.97. The van der Waals surface area contributed by atoms with Crippen LogP contribution in [0.1, 0.15) is 40.5 Å². The van der Waals surface area contributed by atoms with Crippen molar-refractivity contribution < 1.29 is 9.90 Å². The van der Waals surface area contributed by atoms with Crippen molar-refractivity contribution in [3.63, 3.8) is 0 Å². The van der Waals surface area contributed by atoms with Gasteiger partial charge in [0.05, 0.1) is 6.20 Å². The number of aromatic nitrogens is 3. The van der Waals surface area contributed by atoms with Crippen molar-refractivity contribution in [3.8, 4) is 0 Å². The fraction of sp³-hybridized carbons (Fsp3) is 0.364. The Morgan fingerprint density at radius 1 is 1.56 bits per heavy atom. The summed E-state index contributed by atoms with van der Waals surface area (Å²) >= 11 is 0. The fourth-order valence-corrected chi connectivity index (χ4v) is 1.93. The number of carboxylic acids is 1. The highest BCUT2D eigenvalue weighted by atomic mass is 16.4. The van der Waals surface area contributed by atoms with Crippen molar-refractivity contribution in [2.24, 2.45) is 0 Å². The first kappa shape index (κ1) is 9.33. The molecule has 2 aromatic rings. The number of carbonyl (C=O) groups is 1. The van der Waals surface area contributed by atoms with Crippen LogP contribution in [0, 0.1) is 6.92 Å². The van der Waals surface area contributed by atoms with Gasteiger partial charge in [-0.3, -0.25) is 0 Å². The van der Waals surface area contributed by atoms with Gasteiger partial charge in [-0.1, -0.05) is 0 Å². The van der Waals surface area contributed by atoms with Gasteiger partial charge in [-0.25, -0.2) is 14.3 Å². The largest absolute Gasteiger partial charge is 0.477 e. The molecule has 0 unspecified atom stereocenters. The van der Waals surface area contributed by atoms with Crippen molar-refractivity contribution in [2.75, 3.05) is 0 Å².